The van der Waals surface area contributed by atoms with Gasteiger partial charge in [0.2, 0.25) is 0 Å². The van der Waals surface area contributed by atoms with Crippen LogP contribution in [0.25, 0.3) is 0 Å². The summed E-state index contributed by atoms with van der Waals surface area (Å²) in [4.78, 5) is 0. The Bertz CT molecular complexity index is 461. The van der Waals surface area contributed by atoms with Gasteiger partial charge >= 0.3 is 0 Å². The minimum absolute atomic E-state index is 0.000390. The van der Waals surface area contributed by atoms with Crippen molar-refractivity contribution in [1.82, 2.24) is 5.32 Å². The van der Waals surface area contributed by atoms with Crippen molar-refractivity contribution in [3.05, 3.63) is 29.6 Å². The molecule has 4 heteroatoms. The molecule has 0 bridgehead atoms. The van der Waals surface area contributed by atoms with E-state index in [0.29, 0.717) is 6.04 Å². The van der Waals surface area contributed by atoms with Crippen molar-refractivity contribution in [1.29, 1.82) is 0 Å². The van der Waals surface area contributed by atoms with Crippen molar-refractivity contribution in [3.8, 4) is 5.75 Å². The number of hydrogen-bond acceptors (Lipinski definition) is 3. The average Bonchev–Trinajstić information content (AvgIpc) is 2.33. The molecule has 1 aliphatic carbocycles. The first-order valence-electron chi connectivity index (χ1n) is 6.63. The number of rotatable bonds is 4. The van der Waals surface area contributed by atoms with Crippen LogP contribution in [0.3, 0.4) is 0 Å². The number of hydrogen-bond donors (Lipinski definition) is 2. The largest absolute Gasteiger partial charge is 0.508 e. The number of nitrogens with one attached hydrogen (secondary N) is 1. The number of benzene rings is 1. The third-order valence-corrected chi connectivity index (χ3v) is 4.37. The van der Waals surface area contributed by atoms with Gasteiger partial charge in [0.1, 0.15) is 11.6 Å². The monoisotopic (exact) mass is 267 g/mol. The molecule has 1 saturated carbocycles. The summed E-state index contributed by atoms with van der Waals surface area (Å²) in [6.07, 6.45) is 1.22. The summed E-state index contributed by atoms with van der Waals surface area (Å²) in [7, 11) is 1.73. The van der Waals surface area contributed by atoms with Crippen LogP contribution in [0.2, 0.25) is 0 Å². The van der Waals surface area contributed by atoms with Crippen molar-refractivity contribution < 1.29 is 14.2 Å². The second kappa shape index (κ2) is 5.10. The third-order valence-electron chi connectivity index (χ3n) is 4.37. The van der Waals surface area contributed by atoms with Crippen LogP contribution in [-0.2, 0) is 4.74 Å². The Hall–Kier alpha value is -1.13. The Labute approximate surface area is 113 Å². The minimum Gasteiger partial charge on any atom is -0.508 e. The molecule has 3 nitrogen and oxygen atoms in total. The van der Waals surface area contributed by atoms with E-state index in [1.54, 1.807) is 13.2 Å². The van der Waals surface area contributed by atoms with Crippen LogP contribution < -0.4 is 5.32 Å². The van der Waals surface area contributed by atoms with Gasteiger partial charge in [0.15, 0.2) is 0 Å². The van der Waals surface area contributed by atoms with Crippen LogP contribution in [0.15, 0.2) is 18.2 Å². The van der Waals surface area contributed by atoms with Crippen LogP contribution in [0.1, 0.15) is 38.8 Å². The predicted octanol–water partition coefficient (Wildman–Crippen LogP) is 3.00. The molecule has 0 saturated heterocycles. The number of aromatic hydroxyl groups is 1. The summed E-state index contributed by atoms with van der Waals surface area (Å²) < 4.78 is 18.4. The Morgan fingerprint density at radius 1 is 1.47 bits per heavy atom. The van der Waals surface area contributed by atoms with E-state index in [0.717, 1.165) is 18.1 Å². The third kappa shape index (κ3) is 2.60. The van der Waals surface area contributed by atoms with Crippen LogP contribution in [-0.4, -0.2) is 24.4 Å². The zero-order chi connectivity index (χ0) is 14.2. The smallest absolute Gasteiger partial charge is 0.126 e. The maximum absolute atomic E-state index is 13.0. The highest BCUT2D eigenvalue weighted by Crippen LogP contribution is 2.43. The van der Waals surface area contributed by atoms with Crippen LogP contribution >= 0.6 is 0 Å². The first kappa shape index (κ1) is 14.3. The highest BCUT2D eigenvalue weighted by molar-refractivity contribution is 5.35. The molecule has 1 aliphatic rings. The predicted molar refractivity (Wildman–Crippen MR) is 72.6 cm³/mol. The lowest BCUT2D eigenvalue weighted by molar-refractivity contribution is -0.0999. The van der Waals surface area contributed by atoms with Crippen molar-refractivity contribution in [2.45, 2.75) is 45.4 Å². The summed E-state index contributed by atoms with van der Waals surface area (Å²) >= 11 is 0. The van der Waals surface area contributed by atoms with Crippen LogP contribution in [0.4, 0.5) is 4.39 Å². The second-order valence-corrected chi connectivity index (χ2v) is 5.93. The Balaban J connectivity index is 2.04. The lowest BCUT2D eigenvalue weighted by Crippen LogP contribution is -2.60. The highest BCUT2D eigenvalue weighted by atomic mass is 19.1. The molecule has 2 rings (SSSR count). The van der Waals surface area contributed by atoms with Crippen molar-refractivity contribution in [3.63, 3.8) is 0 Å². The average molecular weight is 267 g/mol. The lowest BCUT2D eigenvalue weighted by atomic mass is 9.64. The van der Waals surface area contributed by atoms with Gasteiger partial charge in [-0.2, -0.15) is 0 Å². The Morgan fingerprint density at radius 3 is 2.68 bits per heavy atom. The Kier molecular flexibility index (Phi) is 3.83. The maximum atomic E-state index is 13.0. The zero-order valence-electron chi connectivity index (χ0n) is 11.9. The van der Waals surface area contributed by atoms with Crippen molar-refractivity contribution >= 4 is 0 Å². The van der Waals surface area contributed by atoms with E-state index in [2.05, 4.69) is 19.2 Å². The van der Waals surface area contributed by atoms with E-state index >= 15 is 0 Å². The van der Waals surface area contributed by atoms with Gasteiger partial charge < -0.3 is 15.2 Å². The van der Waals surface area contributed by atoms with Crippen molar-refractivity contribution in [2.75, 3.05) is 7.11 Å². The van der Waals surface area contributed by atoms with E-state index < -0.39 is 5.82 Å². The van der Waals surface area contributed by atoms with E-state index in [4.69, 9.17) is 4.74 Å². The van der Waals surface area contributed by atoms with E-state index in [1.165, 1.54) is 6.07 Å². The SMILES string of the molecule is COC1CC(NC(C)c2ccc(F)cc2O)C1(C)C. The molecule has 19 heavy (non-hydrogen) atoms. The summed E-state index contributed by atoms with van der Waals surface area (Å²) in [5.74, 6) is -0.419. The standard InChI is InChI=1S/C15H22FNO2/c1-9(11-6-5-10(16)7-12(11)18)17-13-8-14(19-4)15(13,2)3/h5-7,9,13-14,17-18H,8H2,1-4H3. The quantitative estimate of drug-likeness (QED) is 0.881. The first-order chi connectivity index (χ1) is 8.86. The molecule has 0 spiro atoms. The van der Waals surface area contributed by atoms with Gasteiger partial charge in [0.25, 0.3) is 0 Å². The first-order valence-corrected chi connectivity index (χ1v) is 6.63. The number of ether oxygens (including phenoxy) is 1. The molecule has 106 valence electrons. The highest BCUT2D eigenvalue weighted by Gasteiger charge is 2.48. The van der Waals surface area contributed by atoms with Gasteiger partial charge in [0, 0.05) is 36.2 Å². The van der Waals surface area contributed by atoms with Gasteiger partial charge in [-0.3, -0.25) is 0 Å². The van der Waals surface area contributed by atoms with Crippen LogP contribution in [0, 0.1) is 11.2 Å². The second-order valence-electron chi connectivity index (χ2n) is 5.93. The number of phenolic OH excluding ortho intramolecular Hbond substituents is 1. The molecule has 2 N–H and O–H groups in total. The van der Waals surface area contributed by atoms with Crippen molar-refractivity contribution in [2.24, 2.45) is 5.41 Å². The topological polar surface area (TPSA) is 41.5 Å². The molecule has 0 radical (unpaired) electrons. The van der Waals surface area contributed by atoms with Gasteiger partial charge in [-0.15, -0.1) is 0 Å². The summed E-state index contributed by atoms with van der Waals surface area (Å²) in [6.45, 7) is 6.31. The molecule has 3 unspecified atom stereocenters. The number of methoxy groups -OCH3 is 1. The van der Waals surface area contributed by atoms with Gasteiger partial charge in [-0.05, 0) is 19.4 Å². The summed E-state index contributed by atoms with van der Waals surface area (Å²) in [5, 5.41) is 13.3. The number of halogens is 1. The molecule has 1 fully saturated rings. The minimum atomic E-state index is -0.420. The maximum Gasteiger partial charge on any atom is 0.126 e. The van der Waals surface area contributed by atoms with Gasteiger partial charge in [-0.1, -0.05) is 19.9 Å². The summed E-state index contributed by atoms with van der Waals surface area (Å²) in [5.41, 5.74) is 0.789. The van der Waals surface area contributed by atoms with E-state index in [-0.39, 0.29) is 23.3 Å². The molecule has 3 atom stereocenters. The lowest BCUT2D eigenvalue weighted by Gasteiger charge is -2.52. The molecule has 0 heterocycles. The van der Waals surface area contributed by atoms with E-state index in [9.17, 15) is 9.50 Å². The molecule has 1 aromatic carbocycles. The fraction of sp³-hybridized carbons (Fsp3) is 0.600. The zero-order valence-corrected chi connectivity index (χ0v) is 11.9. The molecular formula is C15H22FNO2. The fourth-order valence-corrected chi connectivity index (χ4v) is 2.84. The molecule has 0 aromatic heterocycles. The Morgan fingerprint density at radius 2 is 2.16 bits per heavy atom. The molecule has 0 aliphatic heterocycles. The molecule has 0 amide bonds. The van der Waals surface area contributed by atoms with Gasteiger partial charge in [0.05, 0.1) is 6.10 Å². The molecular weight excluding hydrogens is 245 g/mol. The molecule has 1 aromatic rings. The number of phenols is 1. The fourth-order valence-electron chi connectivity index (χ4n) is 2.84. The van der Waals surface area contributed by atoms with Gasteiger partial charge in [-0.25, -0.2) is 4.39 Å². The normalized spacial score (nSPS) is 26.8. The summed E-state index contributed by atoms with van der Waals surface area (Å²) in [6, 6.07) is 4.45. The van der Waals surface area contributed by atoms with Crippen LogP contribution in [0.5, 0.6) is 5.75 Å². The van der Waals surface area contributed by atoms with E-state index in [1.807, 2.05) is 6.92 Å².